The molecule has 0 aliphatic carbocycles. The highest BCUT2D eigenvalue weighted by Gasteiger charge is 2.24. The van der Waals surface area contributed by atoms with Crippen LogP contribution in [0, 0.1) is 0 Å². The minimum Gasteiger partial charge on any atom is -0.381 e. The highest BCUT2D eigenvalue weighted by atomic mass is 19.3. The molecule has 6 heteroatoms. The van der Waals surface area contributed by atoms with E-state index in [2.05, 4.69) is 5.10 Å². The lowest BCUT2D eigenvalue weighted by molar-refractivity contribution is 0.0839. The Morgan fingerprint density at radius 2 is 2.17 bits per heavy atom. The molecule has 0 aromatic carbocycles. The van der Waals surface area contributed by atoms with E-state index in [-0.39, 0.29) is 6.42 Å². The first-order valence-corrected chi connectivity index (χ1v) is 6.22. The molecule has 1 aromatic heterocycles. The van der Waals surface area contributed by atoms with Crippen molar-refractivity contribution in [1.29, 1.82) is 0 Å². The van der Waals surface area contributed by atoms with E-state index < -0.39 is 12.5 Å². The molecule has 4 nitrogen and oxygen atoms in total. The average Bonchev–Trinajstić information content (AvgIpc) is 2.71. The molecule has 2 N–H and O–H groups in total. The SMILES string of the molecule is Cn1cc(CC(N)C(F)F)c(C2CCOCC2)n1. The lowest BCUT2D eigenvalue weighted by atomic mass is 9.92. The van der Waals surface area contributed by atoms with Gasteiger partial charge in [-0.3, -0.25) is 4.68 Å². The monoisotopic (exact) mass is 259 g/mol. The molecule has 1 unspecified atom stereocenters. The lowest BCUT2D eigenvalue weighted by Gasteiger charge is -2.22. The molecule has 0 amide bonds. The largest absolute Gasteiger partial charge is 0.381 e. The van der Waals surface area contributed by atoms with Crippen molar-refractivity contribution in [3.8, 4) is 0 Å². The zero-order valence-corrected chi connectivity index (χ0v) is 10.5. The zero-order valence-electron chi connectivity index (χ0n) is 10.5. The van der Waals surface area contributed by atoms with Crippen molar-refractivity contribution in [3.63, 3.8) is 0 Å². The number of rotatable bonds is 4. The standard InChI is InChI=1S/C12H19F2N3O/c1-17-7-9(6-10(15)12(13)14)11(16-17)8-2-4-18-5-3-8/h7-8,10,12H,2-6,15H2,1H3. The van der Waals surface area contributed by atoms with Crippen molar-refractivity contribution in [3.05, 3.63) is 17.5 Å². The van der Waals surface area contributed by atoms with Gasteiger partial charge in [-0.25, -0.2) is 8.78 Å². The van der Waals surface area contributed by atoms with E-state index in [1.54, 1.807) is 17.9 Å². The Morgan fingerprint density at radius 1 is 1.50 bits per heavy atom. The van der Waals surface area contributed by atoms with Gasteiger partial charge in [0, 0.05) is 32.4 Å². The second-order valence-corrected chi connectivity index (χ2v) is 4.80. The molecule has 0 bridgehead atoms. The predicted octanol–water partition coefficient (Wildman–Crippen LogP) is 1.45. The summed E-state index contributed by atoms with van der Waals surface area (Å²) in [5.41, 5.74) is 7.20. The van der Waals surface area contributed by atoms with Crippen LogP contribution in [0.5, 0.6) is 0 Å². The first-order valence-electron chi connectivity index (χ1n) is 6.22. The summed E-state index contributed by atoms with van der Waals surface area (Å²) in [5.74, 6) is 0.305. The highest BCUT2D eigenvalue weighted by molar-refractivity contribution is 5.23. The van der Waals surface area contributed by atoms with Gasteiger partial charge < -0.3 is 10.5 Å². The second kappa shape index (κ2) is 5.75. The quantitative estimate of drug-likeness (QED) is 0.890. The summed E-state index contributed by atoms with van der Waals surface area (Å²) in [4.78, 5) is 0. The minimum absolute atomic E-state index is 0.179. The topological polar surface area (TPSA) is 53.1 Å². The molecule has 102 valence electrons. The van der Waals surface area contributed by atoms with Crippen molar-refractivity contribution in [2.24, 2.45) is 12.8 Å². The van der Waals surface area contributed by atoms with Crippen LogP contribution >= 0.6 is 0 Å². The van der Waals surface area contributed by atoms with Gasteiger partial charge in [0.2, 0.25) is 0 Å². The van der Waals surface area contributed by atoms with Gasteiger partial charge in [-0.1, -0.05) is 0 Å². The fourth-order valence-corrected chi connectivity index (χ4v) is 2.37. The Morgan fingerprint density at radius 3 is 2.78 bits per heavy atom. The number of aromatic nitrogens is 2. The molecule has 1 saturated heterocycles. The van der Waals surface area contributed by atoms with Gasteiger partial charge in [-0.15, -0.1) is 0 Å². The van der Waals surface area contributed by atoms with Crippen LogP contribution < -0.4 is 5.73 Å². The third-order valence-electron chi connectivity index (χ3n) is 3.32. The van der Waals surface area contributed by atoms with Gasteiger partial charge in [0.15, 0.2) is 0 Å². The van der Waals surface area contributed by atoms with E-state index in [1.165, 1.54) is 0 Å². The van der Waals surface area contributed by atoms with Crippen molar-refractivity contribution in [1.82, 2.24) is 9.78 Å². The van der Waals surface area contributed by atoms with E-state index in [4.69, 9.17) is 10.5 Å². The van der Waals surface area contributed by atoms with Crippen LogP contribution in [-0.2, 0) is 18.2 Å². The van der Waals surface area contributed by atoms with Crippen molar-refractivity contribution < 1.29 is 13.5 Å². The summed E-state index contributed by atoms with van der Waals surface area (Å²) in [6.07, 6.45) is 1.28. The number of halogens is 2. The molecule has 0 radical (unpaired) electrons. The maximum Gasteiger partial charge on any atom is 0.253 e. The summed E-state index contributed by atoms with van der Waals surface area (Å²) in [6.45, 7) is 1.42. The number of nitrogens with two attached hydrogens (primary N) is 1. The van der Waals surface area contributed by atoms with Gasteiger partial charge in [0.05, 0.1) is 11.7 Å². The van der Waals surface area contributed by atoms with Gasteiger partial charge >= 0.3 is 0 Å². The molecular formula is C12H19F2N3O. The molecule has 1 fully saturated rings. The third-order valence-corrected chi connectivity index (χ3v) is 3.32. The lowest BCUT2D eigenvalue weighted by Crippen LogP contribution is -2.31. The summed E-state index contributed by atoms with van der Waals surface area (Å²) >= 11 is 0. The van der Waals surface area contributed by atoms with Crippen LogP contribution in [0.25, 0.3) is 0 Å². The first kappa shape index (κ1) is 13.4. The van der Waals surface area contributed by atoms with Gasteiger partial charge in [-0.2, -0.15) is 5.10 Å². The Balaban J connectivity index is 2.14. The Labute approximate surface area is 105 Å². The number of aryl methyl sites for hydroxylation is 1. The molecule has 2 heterocycles. The first-order chi connectivity index (χ1) is 8.58. The van der Waals surface area contributed by atoms with Crippen LogP contribution in [-0.4, -0.2) is 35.5 Å². The van der Waals surface area contributed by atoms with Crippen molar-refractivity contribution >= 4 is 0 Å². The Bertz CT molecular complexity index is 389. The van der Waals surface area contributed by atoms with Crippen LogP contribution in [0.3, 0.4) is 0 Å². The van der Waals surface area contributed by atoms with Crippen molar-refractivity contribution in [2.75, 3.05) is 13.2 Å². The maximum absolute atomic E-state index is 12.5. The van der Waals surface area contributed by atoms with Crippen LogP contribution in [0.1, 0.15) is 30.0 Å². The minimum atomic E-state index is -2.49. The van der Waals surface area contributed by atoms with Crippen LogP contribution in [0.15, 0.2) is 6.20 Å². The summed E-state index contributed by atoms with van der Waals surface area (Å²) in [7, 11) is 1.81. The van der Waals surface area contributed by atoms with Crippen molar-refractivity contribution in [2.45, 2.75) is 37.6 Å². The van der Waals surface area contributed by atoms with Crippen LogP contribution in [0.4, 0.5) is 8.78 Å². The third kappa shape index (κ3) is 3.05. The maximum atomic E-state index is 12.5. The van der Waals surface area contributed by atoms with E-state index >= 15 is 0 Å². The zero-order chi connectivity index (χ0) is 13.1. The van der Waals surface area contributed by atoms with Gasteiger partial charge in [0.1, 0.15) is 0 Å². The molecule has 1 aliphatic rings. The number of ether oxygens (including phenoxy) is 1. The van der Waals surface area contributed by atoms with Gasteiger partial charge in [-0.05, 0) is 24.8 Å². The molecular weight excluding hydrogens is 240 g/mol. The fraction of sp³-hybridized carbons (Fsp3) is 0.750. The molecule has 0 spiro atoms. The Hall–Kier alpha value is -1.01. The summed E-state index contributed by atoms with van der Waals surface area (Å²) in [5, 5.41) is 4.41. The molecule has 0 saturated carbocycles. The Kier molecular flexibility index (Phi) is 4.29. The average molecular weight is 259 g/mol. The number of hydrogen-bond acceptors (Lipinski definition) is 3. The van der Waals surface area contributed by atoms with E-state index in [1.807, 2.05) is 0 Å². The molecule has 18 heavy (non-hydrogen) atoms. The normalized spacial score (nSPS) is 19.4. The predicted molar refractivity (Wildman–Crippen MR) is 63.7 cm³/mol. The summed E-state index contributed by atoms with van der Waals surface area (Å²) in [6, 6.07) is -1.12. The molecule has 2 rings (SSSR count). The summed E-state index contributed by atoms with van der Waals surface area (Å²) < 4.78 is 32.0. The number of nitrogens with zero attached hydrogens (tertiary/aromatic N) is 2. The molecule has 1 aliphatic heterocycles. The smallest absolute Gasteiger partial charge is 0.253 e. The van der Waals surface area contributed by atoms with E-state index in [0.717, 1.165) is 24.1 Å². The highest BCUT2D eigenvalue weighted by Crippen LogP contribution is 2.29. The number of alkyl halides is 2. The molecule has 1 atom stereocenters. The van der Waals surface area contributed by atoms with Crippen LogP contribution in [0.2, 0.25) is 0 Å². The fourth-order valence-electron chi connectivity index (χ4n) is 2.37. The van der Waals surface area contributed by atoms with Gasteiger partial charge in [0.25, 0.3) is 6.43 Å². The second-order valence-electron chi connectivity index (χ2n) is 4.80. The number of hydrogen-bond donors (Lipinski definition) is 1. The van der Waals surface area contributed by atoms with E-state index in [0.29, 0.717) is 19.1 Å². The molecule has 1 aromatic rings. The van der Waals surface area contributed by atoms with E-state index in [9.17, 15) is 8.78 Å².